The molecule has 5 saturated heterocycles. The van der Waals surface area contributed by atoms with Crippen LogP contribution in [0.4, 0.5) is 0 Å². The Kier molecular flexibility index (Phi) is 34.6. The van der Waals surface area contributed by atoms with E-state index in [4.69, 9.17) is 0 Å². The smallest absolute Gasteiger partial charge is 0.248 e. The Morgan fingerprint density at radius 3 is 1.29 bits per heavy atom. The van der Waals surface area contributed by atoms with E-state index in [0.717, 1.165) is 51.7 Å². The van der Waals surface area contributed by atoms with E-state index in [9.17, 15) is 76.7 Å². The van der Waals surface area contributed by atoms with Crippen LogP contribution in [0.2, 0.25) is 0 Å². The van der Waals surface area contributed by atoms with Crippen molar-refractivity contribution in [3.63, 3.8) is 0 Å². The van der Waals surface area contributed by atoms with Gasteiger partial charge in [0, 0.05) is 77.9 Å². The number of quaternary nitrogens is 1. The molecule has 16 amide bonds. The Morgan fingerprint density at radius 2 is 0.783 bits per heavy atom. The predicted octanol–water partition coefficient (Wildman–Crippen LogP) is -0.156. The molecule has 5 heterocycles. The van der Waals surface area contributed by atoms with Gasteiger partial charge in [0.25, 0.3) is 0 Å². The standard InChI is InChI=1S/C81H140N18O16/c1-48(2)43-53(47-96-39-30-38-95-37-29-34-61(95)96)85-69(110)76(11,12)89-64(105)55(45-50(5)6)86-62(103)51(7)84-68(109)75(9,10)90-66(107)57-32-25-28-42-99(57)74(115)81(21,22)94-71(112)78(15,16)88-60(102)46-83-59(101)35-36-82-63(104)54(44-49(3)4)87-70(111)77(13,14)93-72(113)79(17,18)91-67(108)58-33-24-27-41-98(58)73(114)80(19,20)92-65(106)56-31-23-26-40-97(56)52(8)100/h48-51,53-58,61H,23-47H2,1-22H3,(H,82,104)(H,83,101)(H,84,109)(H,85,110)(H,86,103)(H,87,111)(H,88,102)(H,89,105)(H,90,107)(H,91,108)(H,92,106)(H,93,113)(H,94,112)/p+1/t51-,53-,54+,55-,56-,57+,58+,61?/m1/s1. The van der Waals surface area contributed by atoms with Crippen LogP contribution in [0.5, 0.6) is 0 Å². The van der Waals surface area contributed by atoms with Gasteiger partial charge >= 0.3 is 0 Å². The van der Waals surface area contributed by atoms with Crippen molar-refractivity contribution in [3.05, 3.63) is 0 Å². The topological polar surface area (TPSA) is 447 Å². The molecule has 0 radical (unpaired) electrons. The average molecular weight is 1620 g/mol. The highest BCUT2D eigenvalue weighted by atomic mass is 16.2. The lowest BCUT2D eigenvalue weighted by Crippen LogP contribution is -3.16. The van der Waals surface area contributed by atoms with Gasteiger partial charge in [-0.05, 0) is 199 Å². The average Bonchev–Trinajstić information content (AvgIpc) is 1.36. The molecule has 0 saturated carbocycles. The van der Waals surface area contributed by atoms with Crippen LogP contribution in [0.3, 0.4) is 0 Å². The summed E-state index contributed by atoms with van der Waals surface area (Å²) in [6.45, 7) is 39.0. The molecule has 0 spiro atoms. The van der Waals surface area contributed by atoms with E-state index in [1.165, 1.54) is 104 Å². The molecule has 0 aromatic carbocycles. The number of nitrogens with one attached hydrogen (secondary N) is 14. The number of amides is 16. The summed E-state index contributed by atoms with van der Waals surface area (Å²) < 4.78 is 0. The molecule has 0 aliphatic carbocycles. The van der Waals surface area contributed by atoms with Crippen molar-refractivity contribution in [2.45, 2.75) is 342 Å². The summed E-state index contributed by atoms with van der Waals surface area (Å²) in [7, 11) is 0. The molecule has 5 aliphatic heterocycles. The minimum Gasteiger partial charge on any atom is -0.354 e. The first-order valence-corrected chi connectivity index (χ1v) is 41.6. The minimum absolute atomic E-state index is 0.0646. The maximum absolute atomic E-state index is 14.5. The predicted molar refractivity (Wildman–Crippen MR) is 432 cm³/mol. The lowest BCUT2D eigenvalue weighted by molar-refractivity contribution is -0.930. The van der Waals surface area contributed by atoms with Gasteiger partial charge < -0.3 is 88.7 Å². The highest BCUT2D eigenvalue weighted by molar-refractivity contribution is 6.03. The molecule has 34 nitrogen and oxygen atoms in total. The monoisotopic (exact) mass is 1620 g/mol. The summed E-state index contributed by atoms with van der Waals surface area (Å²) in [6.07, 6.45) is 9.35. The third-order valence-electron chi connectivity index (χ3n) is 22.2. The molecular weight excluding hydrogens is 1480 g/mol. The summed E-state index contributed by atoms with van der Waals surface area (Å²) in [5, 5.41) is 35.6. The molecule has 34 heteroatoms. The molecule has 14 N–H and O–H groups in total. The second-order valence-electron chi connectivity index (χ2n) is 37.4. The van der Waals surface area contributed by atoms with Gasteiger partial charge in [-0.2, -0.15) is 0 Å². The van der Waals surface area contributed by atoms with Gasteiger partial charge in [-0.3, -0.25) is 81.6 Å². The maximum atomic E-state index is 14.5. The van der Waals surface area contributed by atoms with Gasteiger partial charge in [0.15, 0.2) is 0 Å². The third-order valence-corrected chi connectivity index (χ3v) is 22.2. The summed E-state index contributed by atoms with van der Waals surface area (Å²) in [6, 6.07) is -6.39. The van der Waals surface area contributed by atoms with Crippen LogP contribution < -0.4 is 74.0 Å². The van der Waals surface area contributed by atoms with Gasteiger partial charge in [0.1, 0.15) is 81.2 Å². The van der Waals surface area contributed by atoms with Crippen LogP contribution in [0.15, 0.2) is 0 Å². The summed E-state index contributed by atoms with van der Waals surface area (Å²) in [5.74, 6) is -9.77. The van der Waals surface area contributed by atoms with E-state index in [2.05, 4.69) is 87.9 Å². The van der Waals surface area contributed by atoms with Crippen molar-refractivity contribution in [2.75, 3.05) is 58.9 Å². The first-order chi connectivity index (χ1) is 53.1. The Labute approximate surface area is 680 Å². The Morgan fingerprint density at radius 1 is 0.374 bits per heavy atom. The van der Waals surface area contributed by atoms with Crippen LogP contribution >= 0.6 is 0 Å². The van der Waals surface area contributed by atoms with Crippen molar-refractivity contribution < 1.29 is 81.6 Å². The van der Waals surface area contributed by atoms with E-state index in [0.29, 0.717) is 57.3 Å². The summed E-state index contributed by atoms with van der Waals surface area (Å²) in [4.78, 5) is 229. The Bertz CT molecular complexity index is 3530. The number of nitrogens with zero attached hydrogens (tertiary/aromatic N) is 4. The second-order valence-corrected chi connectivity index (χ2v) is 37.4. The number of carbonyl (C=O) groups excluding carboxylic acids is 16. The van der Waals surface area contributed by atoms with Crippen molar-refractivity contribution in [3.8, 4) is 0 Å². The van der Waals surface area contributed by atoms with Gasteiger partial charge in [0.2, 0.25) is 94.5 Å². The molecule has 0 aromatic heterocycles. The number of likely N-dealkylation sites (tertiary alicyclic amines) is 3. The number of fused-ring (bicyclic) bond motifs is 1. The van der Waals surface area contributed by atoms with Gasteiger partial charge in [-0.15, -0.1) is 0 Å². The van der Waals surface area contributed by atoms with E-state index >= 15 is 0 Å². The van der Waals surface area contributed by atoms with Crippen molar-refractivity contribution in [1.29, 1.82) is 0 Å². The number of hydrogen-bond donors (Lipinski definition) is 14. The largest absolute Gasteiger partial charge is 0.354 e. The molecule has 5 rings (SSSR count). The molecule has 5 aliphatic rings. The molecule has 5 fully saturated rings. The maximum Gasteiger partial charge on any atom is 0.248 e. The zero-order valence-electron chi connectivity index (χ0n) is 72.8. The fourth-order valence-electron chi connectivity index (χ4n) is 15.5. The van der Waals surface area contributed by atoms with Crippen LogP contribution in [0, 0.1) is 17.8 Å². The highest BCUT2D eigenvalue weighted by Gasteiger charge is 2.49. The summed E-state index contributed by atoms with van der Waals surface area (Å²) >= 11 is 0. The zero-order chi connectivity index (χ0) is 86.8. The van der Waals surface area contributed by atoms with Gasteiger partial charge in [0.05, 0.1) is 19.6 Å². The SMILES string of the molecule is CC(=O)N1CCCC[C@@H]1C(=O)NC(C)(C)C(=O)N1CCCC[C@H]1C(=O)NC(C)(C)C(=O)NC(C)(C)C(=O)N[C@@H](CC(C)C)C(=O)NCCC(=O)NCC(=O)NC(C)(C)C(=O)NC(C)(C)C(=O)N1CCCC[C@H]1C(=O)NC(C)(C)C(=O)N[C@H](C)C(=O)N[C@H](CC(C)C)C(=O)NC(C)(C)C(=O)N[C@H](CC(C)C)CN1CCC[NH+]2CCCC12. The molecule has 2 unspecified atom stereocenters. The van der Waals surface area contributed by atoms with Crippen LogP contribution in [-0.2, 0) is 76.7 Å². The Hall–Kier alpha value is -8.56. The van der Waals surface area contributed by atoms with Gasteiger partial charge in [-0.1, -0.05) is 41.5 Å². The zero-order valence-corrected chi connectivity index (χ0v) is 72.8. The van der Waals surface area contributed by atoms with Crippen LogP contribution in [0.25, 0.3) is 0 Å². The quantitative estimate of drug-likeness (QED) is 0.0384. The molecule has 115 heavy (non-hydrogen) atoms. The number of rotatable bonds is 37. The lowest BCUT2D eigenvalue weighted by Gasteiger charge is -2.42. The van der Waals surface area contributed by atoms with Gasteiger partial charge in [-0.25, -0.2) is 0 Å². The van der Waals surface area contributed by atoms with Crippen molar-refractivity contribution >= 4 is 94.5 Å². The van der Waals surface area contributed by atoms with Crippen molar-refractivity contribution in [2.24, 2.45) is 17.8 Å². The molecule has 0 bridgehead atoms. The number of carbonyl (C=O) groups is 16. The molecular formula is C81H141N18O16+. The van der Waals surface area contributed by atoms with Crippen LogP contribution in [-0.4, -0.2) is 260 Å². The second kappa shape index (κ2) is 41.0. The van der Waals surface area contributed by atoms with E-state index in [-0.39, 0.29) is 81.4 Å². The summed E-state index contributed by atoms with van der Waals surface area (Å²) in [5.41, 5.74) is -11.1. The first-order valence-electron chi connectivity index (χ1n) is 41.6. The fraction of sp³-hybridized carbons (Fsp3) is 0.802. The normalized spacial score (nSPS) is 20.4. The van der Waals surface area contributed by atoms with E-state index in [1.54, 1.807) is 32.6 Å². The van der Waals surface area contributed by atoms with E-state index in [1.807, 2.05) is 27.7 Å². The van der Waals surface area contributed by atoms with Crippen LogP contribution in [0.1, 0.15) is 255 Å². The fourth-order valence-corrected chi connectivity index (χ4v) is 15.5. The van der Waals surface area contributed by atoms with E-state index < -0.39 is 164 Å². The molecule has 0 aromatic rings. The first kappa shape index (κ1) is 97.0. The minimum atomic E-state index is -1.67. The number of piperidine rings is 3. The lowest BCUT2D eigenvalue weighted by atomic mass is 9.93. The third kappa shape index (κ3) is 28.1. The Balaban J connectivity index is 1.07. The van der Waals surface area contributed by atoms with Crippen molar-refractivity contribution in [1.82, 2.24) is 88.7 Å². The highest BCUT2D eigenvalue weighted by Crippen LogP contribution is 2.27. The molecule has 9 atom stereocenters. The number of hydrogen-bond acceptors (Lipinski definition) is 17. The molecule has 650 valence electrons.